The smallest absolute Gasteiger partial charge is 0.237 e. The molecular weight excluding hydrogens is 236 g/mol. The lowest BCUT2D eigenvalue weighted by Crippen LogP contribution is -2.52. The van der Waals surface area contributed by atoms with Crippen LogP contribution in [0.3, 0.4) is 0 Å². The molecule has 17 heavy (non-hydrogen) atoms. The summed E-state index contributed by atoms with van der Waals surface area (Å²) in [6.07, 6.45) is 4.03. The fourth-order valence-electron chi connectivity index (χ4n) is 1.47. The van der Waals surface area contributed by atoms with Gasteiger partial charge in [0.15, 0.2) is 5.16 Å². The highest BCUT2D eigenvalue weighted by Gasteiger charge is 2.31. The second-order valence-corrected chi connectivity index (χ2v) is 5.52. The summed E-state index contributed by atoms with van der Waals surface area (Å²) in [7, 11) is 1.74. The molecule has 0 aliphatic rings. The van der Waals surface area contributed by atoms with Crippen molar-refractivity contribution in [1.29, 1.82) is 0 Å². The van der Waals surface area contributed by atoms with Crippen LogP contribution in [0.25, 0.3) is 0 Å². The number of nitrogens with two attached hydrogens (primary N) is 1. The first-order valence-corrected chi connectivity index (χ1v) is 6.28. The monoisotopic (exact) mass is 254 g/mol. The maximum Gasteiger partial charge on any atom is 0.237 e. The van der Waals surface area contributed by atoms with E-state index in [-0.39, 0.29) is 11.2 Å². The van der Waals surface area contributed by atoms with Gasteiger partial charge in [0.25, 0.3) is 0 Å². The molecule has 0 saturated carbocycles. The third kappa shape index (κ3) is 3.98. The zero-order valence-electron chi connectivity index (χ0n) is 10.3. The van der Waals surface area contributed by atoms with E-state index in [2.05, 4.69) is 15.3 Å². The number of thioether (sulfide) groups is 1. The van der Waals surface area contributed by atoms with Crippen LogP contribution in [0.4, 0.5) is 0 Å². The van der Waals surface area contributed by atoms with Crippen LogP contribution >= 0.6 is 11.8 Å². The van der Waals surface area contributed by atoms with E-state index < -0.39 is 5.54 Å². The zero-order chi connectivity index (χ0) is 12.9. The second-order valence-electron chi connectivity index (χ2n) is 4.11. The quantitative estimate of drug-likeness (QED) is 0.580. The van der Waals surface area contributed by atoms with E-state index in [1.807, 2.05) is 6.92 Å². The number of hydrogen-bond acceptors (Lipinski definition) is 5. The number of nitrogens with zero attached hydrogens (tertiary/aromatic N) is 2. The molecule has 1 rings (SSSR count). The molecule has 1 amide bonds. The van der Waals surface area contributed by atoms with Gasteiger partial charge in [0.1, 0.15) is 0 Å². The highest BCUT2D eigenvalue weighted by atomic mass is 32.2. The van der Waals surface area contributed by atoms with E-state index in [9.17, 15) is 4.79 Å². The fourth-order valence-corrected chi connectivity index (χ4v) is 2.49. The van der Waals surface area contributed by atoms with Crippen molar-refractivity contribution in [3.8, 4) is 0 Å². The molecule has 1 aromatic heterocycles. The molecule has 0 aromatic carbocycles. The molecule has 5 nitrogen and oxygen atoms in total. The lowest BCUT2D eigenvalue weighted by atomic mass is 9.95. The molecule has 0 fully saturated rings. The van der Waals surface area contributed by atoms with Crippen LogP contribution in [-0.2, 0) is 4.79 Å². The predicted molar refractivity (Wildman–Crippen MR) is 68.6 cm³/mol. The van der Waals surface area contributed by atoms with Crippen molar-refractivity contribution < 1.29 is 4.79 Å². The van der Waals surface area contributed by atoms with Gasteiger partial charge in [0, 0.05) is 17.6 Å². The average molecular weight is 254 g/mol. The van der Waals surface area contributed by atoms with E-state index in [1.165, 1.54) is 11.8 Å². The van der Waals surface area contributed by atoms with E-state index >= 15 is 0 Å². The lowest BCUT2D eigenvalue weighted by Gasteiger charge is -2.28. The largest absolute Gasteiger partial charge is 0.368 e. The van der Waals surface area contributed by atoms with Gasteiger partial charge in [-0.2, -0.15) is 0 Å². The Balaban J connectivity index is 2.60. The molecule has 0 bridgehead atoms. The molecule has 6 heteroatoms. The first-order valence-electron chi connectivity index (χ1n) is 5.40. The molecule has 0 saturated heterocycles. The highest BCUT2D eigenvalue weighted by Crippen LogP contribution is 2.25. The number of hydrogen-bond donors (Lipinski definition) is 2. The maximum atomic E-state index is 11.4. The van der Waals surface area contributed by atoms with Gasteiger partial charge in [-0.1, -0.05) is 18.7 Å². The minimum Gasteiger partial charge on any atom is -0.368 e. The molecule has 3 N–H and O–H groups in total. The topological polar surface area (TPSA) is 80.9 Å². The number of carbonyl (C=O) groups is 1. The van der Waals surface area contributed by atoms with Crippen molar-refractivity contribution >= 4 is 17.7 Å². The predicted octanol–water partition coefficient (Wildman–Crippen LogP) is 0.811. The third-order valence-corrected chi connectivity index (χ3v) is 3.63. The van der Waals surface area contributed by atoms with E-state index in [0.717, 1.165) is 0 Å². The van der Waals surface area contributed by atoms with Crippen LogP contribution in [0.1, 0.15) is 20.3 Å². The van der Waals surface area contributed by atoms with Crippen LogP contribution in [0, 0.1) is 0 Å². The third-order valence-electron chi connectivity index (χ3n) is 2.64. The summed E-state index contributed by atoms with van der Waals surface area (Å²) < 4.78 is 0. The highest BCUT2D eigenvalue weighted by molar-refractivity contribution is 7.99. The summed E-state index contributed by atoms with van der Waals surface area (Å²) in [5.41, 5.74) is 4.69. The maximum absolute atomic E-state index is 11.4. The van der Waals surface area contributed by atoms with Crippen molar-refractivity contribution in [2.45, 2.75) is 36.2 Å². The number of aromatic nitrogens is 2. The van der Waals surface area contributed by atoms with Crippen molar-refractivity contribution in [3.63, 3.8) is 0 Å². The van der Waals surface area contributed by atoms with Crippen molar-refractivity contribution in [2.75, 3.05) is 7.05 Å². The molecule has 2 atom stereocenters. The molecule has 0 radical (unpaired) electrons. The van der Waals surface area contributed by atoms with Gasteiger partial charge in [0.2, 0.25) is 5.91 Å². The number of amides is 1. The Morgan fingerprint density at radius 3 is 2.65 bits per heavy atom. The van der Waals surface area contributed by atoms with Crippen LogP contribution < -0.4 is 11.1 Å². The number of likely N-dealkylation sites (N-methyl/N-ethyl adjacent to an activating group) is 1. The number of nitrogens with one attached hydrogen (secondary N) is 1. The molecule has 0 aliphatic carbocycles. The van der Waals surface area contributed by atoms with Crippen molar-refractivity contribution in [2.24, 2.45) is 5.73 Å². The SMILES string of the molecule is CNC(C)(CC(C)Sc1ncccn1)C(N)=O. The minimum atomic E-state index is -0.693. The van der Waals surface area contributed by atoms with Crippen molar-refractivity contribution in [1.82, 2.24) is 15.3 Å². The molecule has 0 spiro atoms. The average Bonchev–Trinajstić information content (AvgIpc) is 2.29. The van der Waals surface area contributed by atoms with Crippen LogP contribution in [0.15, 0.2) is 23.6 Å². The molecular formula is C11H18N4OS. The summed E-state index contributed by atoms with van der Waals surface area (Å²) in [6.45, 7) is 3.83. The Morgan fingerprint density at radius 2 is 2.18 bits per heavy atom. The molecule has 1 heterocycles. The van der Waals surface area contributed by atoms with Gasteiger partial charge in [-0.25, -0.2) is 9.97 Å². The van der Waals surface area contributed by atoms with Gasteiger partial charge in [-0.15, -0.1) is 0 Å². The van der Waals surface area contributed by atoms with E-state index in [1.54, 1.807) is 32.4 Å². The van der Waals surface area contributed by atoms with Gasteiger partial charge >= 0.3 is 0 Å². The van der Waals surface area contributed by atoms with Gasteiger partial charge < -0.3 is 11.1 Å². The van der Waals surface area contributed by atoms with Crippen LogP contribution in [0.5, 0.6) is 0 Å². The summed E-state index contributed by atoms with van der Waals surface area (Å²) in [4.78, 5) is 19.6. The van der Waals surface area contributed by atoms with Crippen LogP contribution in [-0.4, -0.2) is 33.7 Å². The summed E-state index contributed by atoms with van der Waals surface area (Å²) in [5.74, 6) is -0.346. The lowest BCUT2D eigenvalue weighted by molar-refractivity contribution is -0.123. The second kappa shape index (κ2) is 5.97. The number of primary amides is 1. The Hall–Kier alpha value is -1.14. The minimum absolute atomic E-state index is 0.197. The van der Waals surface area contributed by atoms with E-state index in [0.29, 0.717) is 11.6 Å². The normalized spacial score (nSPS) is 16.2. The Morgan fingerprint density at radius 1 is 1.59 bits per heavy atom. The van der Waals surface area contributed by atoms with Crippen molar-refractivity contribution in [3.05, 3.63) is 18.5 Å². The summed E-state index contributed by atoms with van der Waals surface area (Å²) in [5, 5.41) is 3.87. The molecule has 2 unspecified atom stereocenters. The Kier molecular flexibility index (Phi) is 4.89. The molecule has 94 valence electrons. The molecule has 0 aliphatic heterocycles. The standard InChI is InChI=1S/C11H18N4OS/c1-8(7-11(2,13-3)9(12)16)17-10-14-5-4-6-15-10/h4-6,8,13H,7H2,1-3H3,(H2,12,16). The molecule has 1 aromatic rings. The van der Waals surface area contributed by atoms with Gasteiger partial charge in [-0.3, -0.25) is 4.79 Å². The summed E-state index contributed by atoms with van der Waals surface area (Å²) >= 11 is 1.53. The van der Waals surface area contributed by atoms with E-state index in [4.69, 9.17) is 5.73 Å². The summed E-state index contributed by atoms with van der Waals surface area (Å²) in [6, 6.07) is 1.77. The zero-order valence-corrected chi connectivity index (χ0v) is 11.1. The van der Waals surface area contributed by atoms with Crippen LogP contribution in [0.2, 0.25) is 0 Å². The Bertz CT molecular complexity index is 373. The fraction of sp³-hybridized carbons (Fsp3) is 0.545. The first kappa shape index (κ1) is 13.9. The number of carbonyl (C=O) groups excluding carboxylic acids is 1. The first-order chi connectivity index (χ1) is 7.98. The Labute approximate surface area is 106 Å². The number of rotatable bonds is 6. The van der Waals surface area contributed by atoms with Gasteiger partial charge in [0.05, 0.1) is 5.54 Å². The van der Waals surface area contributed by atoms with Gasteiger partial charge in [-0.05, 0) is 26.5 Å².